The zero-order valence-corrected chi connectivity index (χ0v) is 19.9. The smallest absolute Gasteiger partial charge is 0.231 e. The molecule has 0 spiro atoms. The highest BCUT2D eigenvalue weighted by Gasteiger charge is 2.34. The number of ether oxygens (including phenoxy) is 5. The van der Waals surface area contributed by atoms with Crippen LogP contribution in [0.25, 0.3) is 0 Å². The lowest BCUT2D eigenvalue weighted by molar-refractivity contribution is -0.121. The molecule has 1 aliphatic heterocycles. The van der Waals surface area contributed by atoms with Crippen molar-refractivity contribution in [1.29, 1.82) is 0 Å². The lowest BCUT2D eigenvalue weighted by Crippen LogP contribution is -2.25. The predicted molar refractivity (Wildman–Crippen MR) is 123 cm³/mol. The Bertz CT molecular complexity index is 913. The molecule has 0 saturated carbocycles. The zero-order chi connectivity index (χ0) is 23.6. The van der Waals surface area contributed by atoms with Gasteiger partial charge in [0.05, 0.1) is 20.8 Å². The van der Waals surface area contributed by atoms with Gasteiger partial charge in [-0.1, -0.05) is 38.5 Å². The van der Waals surface area contributed by atoms with Gasteiger partial charge < -0.3 is 23.7 Å². The fourth-order valence-corrected chi connectivity index (χ4v) is 4.11. The molecule has 1 aromatic rings. The topological polar surface area (TPSA) is 80.3 Å². The molecule has 180 valence electrons. The molecule has 7 heteroatoms. The number of methoxy groups -OCH3 is 2. The molecule has 0 saturated heterocycles. The number of allylic oxidation sites excluding steroid dienone is 2. The number of benzene rings is 1. The predicted octanol–water partition coefficient (Wildman–Crippen LogP) is 5.28. The zero-order valence-electron chi connectivity index (χ0n) is 19.9. The molecule has 3 rings (SSSR count). The Kier molecular flexibility index (Phi) is 9.22. The summed E-state index contributed by atoms with van der Waals surface area (Å²) in [7, 11) is 2.77. The van der Waals surface area contributed by atoms with E-state index in [1.54, 1.807) is 6.92 Å². The lowest BCUT2D eigenvalue weighted by atomic mass is 9.89. The molecule has 0 fully saturated rings. The highest BCUT2D eigenvalue weighted by Crippen LogP contribution is 2.35. The van der Waals surface area contributed by atoms with Crippen molar-refractivity contribution in [3.8, 4) is 17.2 Å². The van der Waals surface area contributed by atoms with Crippen molar-refractivity contribution in [2.24, 2.45) is 0 Å². The SMILES string of the molecule is COC1=C(OC)C(=O)C(CCCCCCCCCCOc2ccc3c(c2)OCO3)=C(C)C1=O. The van der Waals surface area contributed by atoms with Gasteiger partial charge in [0.25, 0.3) is 0 Å². The first kappa shape index (κ1) is 24.7. The maximum absolute atomic E-state index is 12.6. The molecule has 0 unspecified atom stereocenters. The van der Waals surface area contributed by atoms with Crippen LogP contribution in [0.15, 0.2) is 40.9 Å². The number of fused-ring (bicyclic) bond motifs is 1. The molecule has 0 bridgehead atoms. The van der Waals surface area contributed by atoms with E-state index in [1.165, 1.54) is 33.5 Å². The van der Waals surface area contributed by atoms with Crippen LogP contribution in [0.3, 0.4) is 0 Å². The third-order valence-electron chi connectivity index (χ3n) is 6.03. The van der Waals surface area contributed by atoms with Crippen LogP contribution in [0, 0.1) is 0 Å². The largest absolute Gasteiger partial charge is 0.493 e. The fraction of sp³-hybridized carbons (Fsp3) is 0.538. The molecule has 0 N–H and O–H groups in total. The molecule has 1 heterocycles. The summed E-state index contributed by atoms with van der Waals surface area (Å²) in [5, 5.41) is 0. The van der Waals surface area contributed by atoms with Crippen LogP contribution < -0.4 is 14.2 Å². The van der Waals surface area contributed by atoms with Crippen LogP contribution in [-0.2, 0) is 19.1 Å². The van der Waals surface area contributed by atoms with Gasteiger partial charge in [0.15, 0.2) is 11.5 Å². The minimum Gasteiger partial charge on any atom is -0.493 e. The van der Waals surface area contributed by atoms with Gasteiger partial charge in [-0.3, -0.25) is 9.59 Å². The Morgan fingerprint density at radius 1 is 0.788 bits per heavy atom. The molecular weight excluding hydrogens is 424 g/mol. The first-order valence-electron chi connectivity index (χ1n) is 11.7. The third kappa shape index (κ3) is 6.30. The maximum atomic E-state index is 12.6. The number of unbranched alkanes of at least 4 members (excludes halogenated alkanes) is 7. The van der Waals surface area contributed by atoms with Crippen molar-refractivity contribution in [3.63, 3.8) is 0 Å². The second-order valence-corrected chi connectivity index (χ2v) is 8.27. The second-order valence-electron chi connectivity index (χ2n) is 8.27. The van der Waals surface area contributed by atoms with Gasteiger partial charge >= 0.3 is 0 Å². The molecule has 0 radical (unpaired) electrons. The van der Waals surface area contributed by atoms with Crippen molar-refractivity contribution in [3.05, 3.63) is 40.9 Å². The number of Topliss-reactive ketones (excluding diaryl/α,β-unsaturated/α-hetero) is 2. The minimum atomic E-state index is -0.258. The molecule has 1 aromatic carbocycles. The highest BCUT2D eigenvalue weighted by molar-refractivity contribution is 6.23. The number of ketones is 2. The van der Waals surface area contributed by atoms with E-state index in [2.05, 4.69) is 0 Å². The van der Waals surface area contributed by atoms with Crippen molar-refractivity contribution >= 4 is 11.6 Å². The van der Waals surface area contributed by atoms with E-state index in [9.17, 15) is 9.59 Å². The summed E-state index contributed by atoms with van der Waals surface area (Å²) < 4.78 is 26.7. The van der Waals surface area contributed by atoms with Gasteiger partial charge in [0.2, 0.25) is 29.9 Å². The van der Waals surface area contributed by atoms with Crippen molar-refractivity contribution in [2.75, 3.05) is 27.6 Å². The number of hydrogen-bond donors (Lipinski definition) is 0. The Labute approximate surface area is 195 Å². The normalized spacial score (nSPS) is 15.4. The van der Waals surface area contributed by atoms with Crippen LogP contribution in [0.1, 0.15) is 64.7 Å². The summed E-state index contributed by atoms with van der Waals surface area (Å²) in [6.45, 7) is 2.66. The number of hydrogen-bond acceptors (Lipinski definition) is 7. The first-order valence-corrected chi connectivity index (χ1v) is 11.7. The average Bonchev–Trinajstić information content (AvgIpc) is 3.29. The van der Waals surface area contributed by atoms with E-state index in [1.807, 2.05) is 18.2 Å². The molecule has 0 amide bonds. The maximum Gasteiger partial charge on any atom is 0.231 e. The van der Waals surface area contributed by atoms with Crippen LogP contribution in [-0.4, -0.2) is 39.2 Å². The molecule has 0 atom stereocenters. The summed E-state index contributed by atoms with van der Waals surface area (Å²) in [4.78, 5) is 25.0. The van der Waals surface area contributed by atoms with E-state index in [4.69, 9.17) is 23.7 Å². The van der Waals surface area contributed by atoms with Crippen molar-refractivity contribution < 1.29 is 33.3 Å². The first-order chi connectivity index (χ1) is 16.1. The van der Waals surface area contributed by atoms with E-state index in [-0.39, 0.29) is 29.9 Å². The number of carbonyl (C=O) groups excluding carboxylic acids is 2. The quantitative estimate of drug-likeness (QED) is 0.277. The fourth-order valence-electron chi connectivity index (χ4n) is 4.11. The molecular formula is C26H34O7. The standard InChI is InChI=1S/C26H34O7/c1-18-20(24(28)26(30-3)25(29-2)23(18)27)12-10-8-6-4-5-7-9-11-15-31-19-13-14-21-22(16-19)33-17-32-21/h13-14,16H,4-12,15,17H2,1-3H3. The van der Waals surface area contributed by atoms with Crippen LogP contribution in [0.4, 0.5) is 0 Å². The van der Waals surface area contributed by atoms with Crippen LogP contribution >= 0.6 is 0 Å². The van der Waals surface area contributed by atoms with Crippen LogP contribution in [0.5, 0.6) is 17.2 Å². The van der Waals surface area contributed by atoms with Gasteiger partial charge in [0, 0.05) is 17.2 Å². The van der Waals surface area contributed by atoms with Crippen molar-refractivity contribution in [1.82, 2.24) is 0 Å². The molecule has 7 nitrogen and oxygen atoms in total. The Morgan fingerprint density at radius 2 is 1.39 bits per heavy atom. The van der Waals surface area contributed by atoms with E-state index >= 15 is 0 Å². The van der Waals surface area contributed by atoms with Gasteiger partial charge in [-0.25, -0.2) is 0 Å². The summed E-state index contributed by atoms with van der Waals surface area (Å²) >= 11 is 0. The molecule has 0 aromatic heterocycles. The second kappa shape index (κ2) is 12.3. The Morgan fingerprint density at radius 3 is 2.09 bits per heavy atom. The van der Waals surface area contributed by atoms with E-state index < -0.39 is 0 Å². The van der Waals surface area contributed by atoms with Crippen molar-refractivity contribution in [2.45, 2.75) is 64.7 Å². The van der Waals surface area contributed by atoms with E-state index in [0.717, 1.165) is 49.4 Å². The molecule has 33 heavy (non-hydrogen) atoms. The summed E-state index contributed by atoms with van der Waals surface area (Å²) in [5.41, 5.74) is 1.03. The van der Waals surface area contributed by atoms with E-state index in [0.29, 0.717) is 24.2 Å². The van der Waals surface area contributed by atoms with Crippen LogP contribution in [0.2, 0.25) is 0 Å². The Balaban J connectivity index is 1.23. The van der Waals surface area contributed by atoms with Gasteiger partial charge in [-0.15, -0.1) is 0 Å². The van der Waals surface area contributed by atoms with Gasteiger partial charge in [0.1, 0.15) is 5.75 Å². The summed E-state index contributed by atoms with van der Waals surface area (Å²) in [5.74, 6) is 1.87. The Hall–Kier alpha value is -2.96. The molecule has 1 aliphatic carbocycles. The van der Waals surface area contributed by atoms with Gasteiger partial charge in [-0.2, -0.15) is 0 Å². The minimum absolute atomic E-state index is 0.00467. The monoisotopic (exact) mass is 458 g/mol. The third-order valence-corrected chi connectivity index (χ3v) is 6.03. The number of carbonyl (C=O) groups is 2. The average molecular weight is 459 g/mol. The van der Waals surface area contributed by atoms with Gasteiger partial charge in [-0.05, 0) is 38.3 Å². The summed E-state index contributed by atoms with van der Waals surface area (Å²) in [6.07, 6.45) is 9.35. The molecule has 2 aliphatic rings. The summed E-state index contributed by atoms with van der Waals surface area (Å²) in [6, 6.07) is 5.66. The number of rotatable bonds is 14. The lowest BCUT2D eigenvalue weighted by Gasteiger charge is -2.20. The highest BCUT2D eigenvalue weighted by atomic mass is 16.7.